The number of nitrogens with zero attached hydrogens (tertiary/aromatic N) is 4. The molecule has 0 bridgehead atoms. The summed E-state index contributed by atoms with van der Waals surface area (Å²) in [5.74, 6) is 0.103. The molecular formula is C30H25N5O3. The average molecular weight is 504 g/mol. The number of aromatic nitrogens is 3. The molecule has 1 aliphatic heterocycles. The Kier molecular flexibility index (Phi) is 5.64. The number of aromatic hydroxyl groups is 1. The van der Waals surface area contributed by atoms with Crippen LogP contribution < -0.4 is 5.73 Å². The van der Waals surface area contributed by atoms with E-state index in [0.717, 1.165) is 45.1 Å². The minimum Gasteiger partial charge on any atom is -0.508 e. The normalized spacial score (nSPS) is 12.9. The van der Waals surface area contributed by atoms with Crippen molar-refractivity contribution in [2.24, 2.45) is 0 Å². The van der Waals surface area contributed by atoms with E-state index in [1.807, 2.05) is 28.9 Å². The molecule has 3 N–H and O–H groups in total. The minimum atomic E-state index is -0.267. The van der Waals surface area contributed by atoms with Crippen LogP contribution in [0.2, 0.25) is 0 Å². The fraction of sp³-hybridized carbons (Fsp3) is 0.133. The Morgan fingerprint density at radius 3 is 2.21 bits per heavy atom. The Hall–Kier alpha value is -4.98. The van der Waals surface area contributed by atoms with E-state index in [9.17, 15) is 14.7 Å². The number of benzene rings is 3. The van der Waals surface area contributed by atoms with Gasteiger partial charge in [-0.05, 0) is 59.5 Å². The summed E-state index contributed by atoms with van der Waals surface area (Å²) >= 11 is 0. The van der Waals surface area contributed by atoms with Crippen LogP contribution in [0.4, 0.5) is 5.82 Å². The van der Waals surface area contributed by atoms with Crippen LogP contribution in [0, 0.1) is 0 Å². The molecule has 0 unspecified atom stereocenters. The van der Waals surface area contributed by atoms with E-state index in [2.05, 4.69) is 23.1 Å². The maximum atomic E-state index is 12.7. The number of hydrogen-bond acceptors (Lipinski definition) is 6. The summed E-state index contributed by atoms with van der Waals surface area (Å²) in [7, 11) is 0. The van der Waals surface area contributed by atoms with Crippen molar-refractivity contribution in [1.29, 1.82) is 0 Å². The molecule has 3 heterocycles. The number of pyridine rings is 1. The second kappa shape index (κ2) is 9.15. The molecule has 0 fully saturated rings. The average Bonchev–Trinajstić information content (AvgIpc) is 3.45. The molecule has 8 heteroatoms. The van der Waals surface area contributed by atoms with E-state index < -0.39 is 0 Å². The first-order valence-electron chi connectivity index (χ1n) is 12.4. The Balaban J connectivity index is 1.30. The summed E-state index contributed by atoms with van der Waals surface area (Å²) in [5, 5.41) is 15.2. The van der Waals surface area contributed by atoms with E-state index in [0.29, 0.717) is 23.5 Å². The van der Waals surface area contributed by atoms with Crippen molar-refractivity contribution < 1.29 is 14.7 Å². The largest absolute Gasteiger partial charge is 0.508 e. The third kappa shape index (κ3) is 3.78. The molecule has 3 aromatic carbocycles. The zero-order valence-corrected chi connectivity index (χ0v) is 20.8. The van der Waals surface area contributed by atoms with E-state index in [-0.39, 0.29) is 24.1 Å². The van der Waals surface area contributed by atoms with Crippen molar-refractivity contribution >= 4 is 28.5 Å². The molecule has 0 saturated heterocycles. The number of imide groups is 1. The van der Waals surface area contributed by atoms with Crippen LogP contribution in [0.25, 0.3) is 33.2 Å². The van der Waals surface area contributed by atoms with Crippen molar-refractivity contribution in [1.82, 2.24) is 19.7 Å². The van der Waals surface area contributed by atoms with Gasteiger partial charge in [0.15, 0.2) is 0 Å². The van der Waals surface area contributed by atoms with Gasteiger partial charge in [0.25, 0.3) is 11.8 Å². The zero-order chi connectivity index (χ0) is 26.4. The number of carbonyl (C=O) groups is 2. The maximum Gasteiger partial charge on any atom is 0.261 e. The summed E-state index contributed by atoms with van der Waals surface area (Å²) in [5.41, 5.74) is 12.9. The summed E-state index contributed by atoms with van der Waals surface area (Å²) < 4.78 is 1.81. The predicted octanol–water partition coefficient (Wildman–Crippen LogP) is 4.91. The highest BCUT2D eigenvalue weighted by molar-refractivity contribution is 6.21. The van der Waals surface area contributed by atoms with E-state index in [1.54, 1.807) is 48.8 Å². The predicted molar refractivity (Wildman–Crippen MR) is 146 cm³/mol. The number of amides is 2. The second-order valence-corrected chi connectivity index (χ2v) is 9.26. The SMILES string of the molecule is CCc1c(-c2ccc3c(cnn3CCN3C(=O)c4ccccc4C3=O)c2)cnc(N)c1-c1ccc(O)cc1. The van der Waals surface area contributed by atoms with E-state index in [1.165, 1.54) is 4.90 Å². The fourth-order valence-electron chi connectivity index (χ4n) is 5.20. The van der Waals surface area contributed by atoms with Gasteiger partial charge in [-0.2, -0.15) is 5.10 Å². The highest BCUT2D eigenvalue weighted by atomic mass is 16.3. The van der Waals surface area contributed by atoms with Crippen LogP contribution in [-0.4, -0.2) is 43.1 Å². The van der Waals surface area contributed by atoms with Gasteiger partial charge < -0.3 is 10.8 Å². The number of fused-ring (bicyclic) bond motifs is 2. The van der Waals surface area contributed by atoms with Crippen LogP contribution in [0.3, 0.4) is 0 Å². The van der Waals surface area contributed by atoms with E-state index >= 15 is 0 Å². The first-order chi connectivity index (χ1) is 18.5. The highest BCUT2D eigenvalue weighted by Crippen LogP contribution is 2.37. The van der Waals surface area contributed by atoms with Crippen LogP contribution >= 0.6 is 0 Å². The standard InChI is InChI=1S/C30H25N5O3/c1-2-22-25(17-32-28(31)27(22)18-7-10-21(36)11-8-18)19-9-12-26-20(15-19)16-33-35(26)14-13-34-29(37)23-5-3-4-6-24(23)30(34)38/h3-12,15-17,36H,2,13-14H2,1H3,(H2,31,32). The lowest BCUT2D eigenvalue weighted by atomic mass is 9.91. The first-order valence-corrected chi connectivity index (χ1v) is 12.4. The molecule has 8 nitrogen and oxygen atoms in total. The number of anilines is 1. The van der Waals surface area contributed by atoms with Crippen molar-refractivity contribution in [2.75, 3.05) is 12.3 Å². The third-order valence-corrected chi connectivity index (χ3v) is 7.09. The van der Waals surface area contributed by atoms with Crippen molar-refractivity contribution in [3.05, 3.63) is 95.8 Å². The fourth-order valence-corrected chi connectivity index (χ4v) is 5.20. The molecule has 0 spiro atoms. The topological polar surface area (TPSA) is 114 Å². The number of phenolic OH excluding ortho intramolecular Hbond substituents is 1. The summed E-state index contributed by atoms with van der Waals surface area (Å²) in [6, 6.07) is 19.9. The Bertz CT molecular complexity index is 1690. The zero-order valence-electron chi connectivity index (χ0n) is 20.8. The monoisotopic (exact) mass is 503 g/mol. The van der Waals surface area contributed by atoms with Crippen LogP contribution in [0.1, 0.15) is 33.2 Å². The smallest absolute Gasteiger partial charge is 0.261 e. The van der Waals surface area contributed by atoms with Gasteiger partial charge in [-0.15, -0.1) is 0 Å². The van der Waals surface area contributed by atoms with Gasteiger partial charge in [-0.1, -0.05) is 37.3 Å². The first kappa shape index (κ1) is 23.4. The molecule has 0 radical (unpaired) electrons. The molecular weight excluding hydrogens is 478 g/mol. The lowest BCUT2D eigenvalue weighted by molar-refractivity contribution is 0.0648. The lowest BCUT2D eigenvalue weighted by Gasteiger charge is -2.16. The van der Waals surface area contributed by atoms with Gasteiger partial charge in [0.1, 0.15) is 11.6 Å². The molecule has 0 atom stereocenters. The molecule has 1 aliphatic rings. The van der Waals surface area contributed by atoms with Gasteiger partial charge in [0.2, 0.25) is 0 Å². The van der Waals surface area contributed by atoms with Crippen molar-refractivity contribution in [3.63, 3.8) is 0 Å². The molecule has 0 aliphatic carbocycles. The molecule has 5 aromatic rings. The Morgan fingerprint density at radius 1 is 0.842 bits per heavy atom. The third-order valence-electron chi connectivity index (χ3n) is 7.09. The van der Waals surface area contributed by atoms with Crippen LogP contribution in [0.5, 0.6) is 5.75 Å². The van der Waals surface area contributed by atoms with Gasteiger partial charge in [-0.25, -0.2) is 4.98 Å². The summed E-state index contributed by atoms with van der Waals surface area (Å²) in [6.07, 6.45) is 4.33. The number of hydrogen-bond donors (Lipinski definition) is 2. The highest BCUT2D eigenvalue weighted by Gasteiger charge is 2.34. The van der Waals surface area contributed by atoms with Gasteiger partial charge in [0, 0.05) is 29.3 Å². The van der Waals surface area contributed by atoms with Crippen molar-refractivity contribution in [2.45, 2.75) is 19.9 Å². The Labute approximate surface area is 219 Å². The number of nitrogens with two attached hydrogens (primary N) is 1. The number of phenols is 1. The molecule has 2 amide bonds. The van der Waals surface area contributed by atoms with Gasteiger partial charge >= 0.3 is 0 Å². The lowest BCUT2D eigenvalue weighted by Crippen LogP contribution is -2.33. The molecule has 0 saturated carbocycles. The molecule has 38 heavy (non-hydrogen) atoms. The minimum absolute atomic E-state index is 0.194. The van der Waals surface area contributed by atoms with Gasteiger partial charge in [-0.3, -0.25) is 19.2 Å². The maximum absolute atomic E-state index is 12.7. The summed E-state index contributed by atoms with van der Waals surface area (Å²) in [6.45, 7) is 2.71. The second-order valence-electron chi connectivity index (χ2n) is 9.26. The number of nitrogen functional groups attached to an aromatic ring is 1. The molecule has 188 valence electrons. The van der Waals surface area contributed by atoms with Crippen LogP contribution in [0.15, 0.2) is 79.1 Å². The Morgan fingerprint density at radius 2 is 1.53 bits per heavy atom. The number of carbonyl (C=O) groups excluding carboxylic acids is 2. The van der Waals surface area contributed by atoms with Crippen molar-refractivity contribution in [3.8, 4) is 28.0 Å². The van der Waals surface area contributed by atoms with Gasteiger partial charge in [0.05, 0.1) is 29.4 Å². The quantitative estimate of drug-likeness (QED) is 0.318. The van der Waals surface area contributed by atoms with Crippen LogP contribution in [-0.2, 0) is 13.0 Å². The molecule has 2 aromatic heterocycles. The summed E-state index contributed by atoms with van der Waals surface area (Å²) in [4.78, 5) is 31.2. The molecule has 6 rings (SSSR count). The van der Waals surface area contributed by atoms with E-state index in [4.69, 9.17) is 5.73 Å². The number of rotatable bonds is 6.